The Morgan fingerprint density at radius 1 is 1.32 bits per heavy atom. The molecule has 148 valence electrons. The monoisotopic (exact) mass is 445 g/mol. The van der Waals surface area contributed by atoms with Crippen molar-refractivity contribution in [3.63, 3.8) is 0 Å². The second kappa shape index (κ2) is 7.67. The highest BCUT2D eigenvalue weighted by Gasteiger charge is 2.42. The number of aromatic nitrogens is 2. The number of hydrogen-bond donors (Lipinski definition) is 3. The molecule has 0 aliphatic carbocycles. The van der Waals surface area contributed by atoms with Crippen LogP contribution in [0.3, 0.4) is 0 Å². The summed E-state index contributed by atoms with van der Waals surface area (Å²) in [6, 6.07) is 6.57. The fourth-order valence-corrected chi connectivity index (χ4v) is 4.60. The predicted octanol–water partition coefficient (Wildman–Crippen LogP) is 1.95. The van der Waals surface area contributed by atoms with Gasteiger partial charge in [-0.1, -0.05) is 22.0 Å². The number of amides is 2. The maximum Gasteiger partial charge on any atom is 0.251 e. The van der Waals surface area contributed by atoms with Crippen LogP contribution in [0.25, 0.3) is 0 Å². The molecule has 3 heterocycles. The molecule has 1 atom stereocenters. The zero-order valence-electron chi connectivity index (χ0n) is 15.8. The number of hydrogen-bond acceptors (Lipinski definition) is 4. The number of nitrogens with zero attached hydrogens (tertiary/aromatic N) is 2. The number of likely N-dealkylation sites (tertiary alicyclic amines) is 1. The van der Waals surface area contributed by atoms with Crippen LogP contribution in [0.2, 0.25) is 0 Å². The molecule has 1 saturated heterocycles. The van der Waals surface area contributed by atoms with Crippen molar-refractivity contribution in [3.8, 4) is 0 Å². The van der Waals surface area contributed by atoms with E-state index in [1.807, 2.05) is 11.0 Å². The molecular formula is C20H24BrN5O2. The number of rotatable bonds is 3. The number of nitrogens with one attached hydrogen (secondary N) is 3. The van der Waals surface area contributed by atoms with Crippen LogP contribution in [-0.2, 0) is 16.8 Å². The molecule has 1 unspecified atom stereocenters. The minimum atomic E-state index is -0.569. The number of fused-ring (bicyclic) bond motifs is 2. The first-order chi connectivity index (χ1) is 13.5. The second-order valence-corrected chi connectivity index (χ2v) is 8.44. The highest BCUT2D eigenvalue weighted by molar-refractivity contribution is 9.10. The number of benzene rings is 1. The first-order valence-electron chi connectivity index (χ1n) is 9.61. The predicted molar refractivity (Wildman–Crippen MR) is 109 cm³/mol. The molecule has 2 aliphatic rings. The van der Waals surface area contributed by atoms with E-state index in [1.54, 1.807) is 31.5 Å². The molecule has 1 aromatic carbocycles. The molecule has 2 amide bonds. The third kappa shape index (κ3) is 3.58. The lowest BCUT2D eigenvalue weighted by Crippen LogP contribution is -2.57. The van der Waals surface area contributed by atoms with Crippen LogP contribution < -0.4 is 10.6 Å². The lowest BCUT2D eigenvalue weighted by atomic mass is 9.80. The fraction of sp³-hybridized carbons (Fsp3) is 0.450. The number of carbonyl (C=O) groups excluding carboxylic acids is 2. The first-order valence-corrected chi connectivity index (χ1v) is 10.4. The van der Waals surface area contributed by atoms with Gasteiger partial charge >= 0.3 is 0 Å². The number of piperidine rings is 1. The van der Waals surface area contributed by atoms with Gasteiger partial charge in [0.05, 0.1) is 17.6 Å². The van der Waals surface area contributed by atoms with Crippen molar-refractivity contribution in [2.24, 2.45) is 0 Å². The van der Waals surface area contributed by atoms with E-state index < -0.39 is 6.04 Å². The normalized spacial score (nSPS) is 19.1. The van der Waals surface area contributed by atoms with Crippen LogP contribution in [0.15, 0.2) is 35.1 Å². The van der Waals surface area contributed by atoms with Gasteiger partial charge in [-0.2, -0.15) is 0 Å². The Morgan fingerprint density at radius 3 is 2.86 bits per heavy atom. The number of carbonyl (C=O) groups is 2. The molecule has 0 bridgehead atoms. The van der Waals surface area contributed by atoms with Crippen molar-refractivity contribution >= 4 is 27.7 Å². The van der Waals surface area contributed by atoms with Gasteiger partial charge in [0.15, 0.2) is 0 Å². The van der Waals surface area contributed by atoms with Gasteiger partial charge in [0, 0.05) is 41.8 Å². The van der Waals surface area contributed by atoms with Crippen LogP contribution in [0.4, 0.5) is 0 Å². The van der Waals surface area contributed by atoms with E-state index in [0.717, 1.165) is 36.0 Å². The third-order valence-corrected chi connectivity index (χ3v) is 6.24. The summed E-state index contributed by atoms with van der Waals surface area (Å²) in [5, 5.41) is 6.45. The standard InChI is InChI=1S/C20H24BrN5O2/c1-13(25-18(27)14-3-2-4-15(21)11-14)19(28)26-9-6-20(7-10-26)17-16(5-8-24-20)22-12-23-17/h2-4,11-13,24H,5-10H2,1H3,(H,22,23)(H,25,27). The van der Waals surface area contributed by atoms with Crippen molar-refractivity contribution in [1.29, 1.82) is 0 Å². The molecular weight excluding hydrogens is 422 g/mol. The van der Waals surface area contributed by atoms with Crippen molar-refractivity contribution in [1.82, 2.24) is 25.5 Å². The average molecular weight is 446 g/mol. The Balaban J connectivity index is 1.37. The molecule has 1 spiro atoms. The fourth-order valence-electron chi connectivity index (χ4n) is 4.20. The molecule has 4 rings (SSSR count). The van der Waals surface area contributed by atoms with E-state index in [1.165, 1.54) is 5.69 Å². The second-order valence-electron chi connectivity index (χ2n) is 7.52. The Morgan fingerprint density at radius 2 is 2.11 bits per heavy atom. The molecule has 7 nitrogen and oxygen atoms in total. The van der Waals surface area contributed by atoms with Crippen LogP contribution in [0, 0.1) is 0 Å². The van der Waals surface area contributed by atoms with E-state index in [0.29, 0.717) is 18.7 Å². The first kappa shape index (κ1) is 19.1. The quantitative estimate of drug-likeness (QED) is 0.673. The highest BCUT2D eigenvalue weighted by Crippen LogP contribution is 2.35. The zero-order chi connectivity index (χ0) is 19.7. The Labute approximate surface area is 172 Å². The van der Waals surface area contributed by atoms with Crippen molar-refractivity contribution < 1.29 is 9.59 Å². The molecule has 0 saturated carbocycles. The highest BCUT2D eigenvalue weighted by atomic mass is 79.9. The van der Waals surface area contributed by atoms with Crippen LogP contribution in [0.1, 0.15) is 41.5 Å². The van der Waals surface area contributed by atoms with Crippen LogP contribution in [0.5, 0.6) is 0 Å². The van der Waals surface area contributed by atoms with Crippen molar-refractivity contribution in [2.45, 2.75) is 37.8 Å². The molecule has 8 heteroatoms. The summed E-state index contributed by atoms with van der Waals surface area (Å²) >= 11 is 3.36. The molecule has 0 radical (unpaired) electrons. The maximum absolute atomic E-state index is 12.9. The topological polar surface area (TPSA) is 90.1 Å². The minimum absolute atomic E-state index is 0.0451. The molecule has 2 aliphatic heterocycles. The van der Waals surface area contributed by atoms with Gasteiger partial charge in [-0.25, -0.2) is 4.98 Å². The largest absolute Gasteiger partial charge is 0.348 e. The lowest BCUT2D eigenvalue weighted by Gasteiger charge is -2.44. The number of H-pyrrole nitrogens is 1. The van der Waals surface area contributed by atoms with Gasteiger partial charge in [-0.15, -0.1) is 0 Å². The Bertz CT molecular complexity index is 888. The Hall–Kier alpha value is -2.19. The smallest absolute Gasteiger partial charge is 0.251 e. The summed E-state index contributed by atoms with van der Waals surface area (Å²) in [6.07, 6.45) is 4.36. The average Bonchev–Trinajstić information content (AvgIpc) is 3.18. The molecule has 3 N–H and O–H groups in total. The summed E-state index contributed by atoms with van der Waals surface area (Å²) in [7, 11) is 0. The summed E-state index contributed by atoms with van der Waals surface area (Å²) in [4.78, 5) is 34.9. The van der Waals surface area contributed by atoms with Crippen LogP contribution in [-0.4, -0.2) is 52.4 Å². The Kier molecular flexibility index (Phi) is 5.25. The summed E-state index contributed by atoms with van der Waals surface area (Å²) < 4.78 is 0.832. The summed E-state index contributed by atoms with van der Waals surface area (Å²) in [5.74, 6) is -0.290. The van der Waals surface area contributed by atoms with Crippen molar-refractivity contribution in [2.75, 3.05) is 19.6 Å². The molecule has 1 aromatic heterocycles. The van der Waals surface area contributed by atoms with E-state index in [2.05, 4.69) is 36.5 Å². The maximum atomic E-state index is 12.9. The SMILES string of the molecule is CC(NC(=O)c1cccc(Br)c1)C(=O)N1CCC2(CC1)NCCc1[nH]cnc12. The van der Waals surface area contributed by atoms with E-state index in [9.17, 15) is 9.59 Å². The van der Waals surface area contributed by atoms with Gasteiger partial charge < -0.3 is 20.5 Å². The minimum Gasteiger partial charge on any atom is -0.348 e. The molecule has 2 aromatic rings. The van der Waals surface area contributed by atoms with E-state index in [-0.39, 0.29) is 17.4 Å². The molecule has 28 heavy (non-hydrogen) atoms. The van der Waals surface area contributed by atoms with Crippen molar-refractivity contribution in [3.05, 3.63) is 52.0 Å². The lowest BCUT2D eigenvalue weighted by molar-refractivity contribution is -0.134. The van der Waals surface area contributed by atoms with Gasteiger partial charge in [-0.3, -0.25) is 9.59 Å². The van der Waals surface area contributed by atoms with Gasteiger partial charge in [0.2, 0.25) is 5.91 Å². The molecule has 1 fully saturated rings. The number of imidazole rings is 1. The summed E-state index contributed by atoms with van der Waals surface area (Å²) in [6.45, 7) is 3.96. The van der Waals surface area contributed by atoms with Gasteiger partial charge in [0.25, 0.3) is 5.91 Å². The number of aromatic amines is 1. The van der Waals surface area contributed by atoms with E-state index in [4.69, 9.17) is 0 Å². The van der Waals surface area contributed by atoms with E-state index >= 15 is 0 Å². The van der Waals surface area contributed by atoms with Gasteiger partial charge in [0.1, 0.15) is 6.04 Å². The number of halogens is 1. The zero-order valence-corrected chi connectivity index (χ0v) is 17.4. The van der Waals surface area contributed by atoms with Crippen LogP contribution >= 0.6 is 15.9 Å². The summed E-state index contributed by atoms with van der Waals surface area (Å²) in [5.41, 5.74) is 2.69. The van der Waals surface area contributed by atoms with Gasteiger partial charge in [-0.05, 0) is 38.0 Å². The third-order valence-electron chi connectivity index (χ3n) is 5.74.